The summed E-state index contributed by atoms with van der Waals surface area (Å²) in [5.74, 6) is 0.853. The van der Waals surface area contributed by atoms with E-state index in [1.54, 1.807) is 16.7 Å². The predicted molar refractivity (Wildman–Crippen MR) is 48.2 cm³/mol. The molecule has 1 heterocycles. The van der Waals surface area contributed by atoms with Crippen molar-refractivity contribution in [3.05, 3.63) is 11.6 Å². The highest BCUT2D eigenvalue weighted by molar-refractivity contribution is 8.02. The third-order valence-corrected chi connectivity index (χ3v) is 2.34. The molecule has 0 saturated heterocycles. The van der Waals surface area contributed by atoms with E-state index in [0.29, 0.717) is 5.75 Å². The standard InChI is InChI=1S/C8H13NOS/c1-2-3-4-9-5-6-11-7-8(9)10/h5-6H,2-4,7H2,1H3. The Morgan fingerprint density at radius 2 is 2.55 bits per heavy atom. The van der Waals surface area contributed by atoms with Gasteiger partial charge in [-0.15, -0.1) is 11.8 Å². The Hall–Kier alpha value is -0.440. The maximum Gasteiger partial charge on any atom is 0.236 e. The highest BCUT2D eigenvalue weighted by Crippen LogP contribution is 2.12. The van der Waals surface area contributed by atoms with Crippen LogP contribution < -0.4 is 0 Å². The van der Waals surface area contributed by atoms with Gasteiger partial charge in [-0.3, -0.25) is 4.79 Å². The summed E-state index contributed by atoms with van der Waals surface area (Å²) in [5, 5.41) is 1.98. The van der Waals surface area contributed by atoms with Crippen LogP contribution in [0.25, 0.3) is 0 Å². The molecular weight excluding hydrogens is 158 g/mol. The minimum atomic E-state index is 0.242. The normalized spacial score (nSPS) is 17.5. The SMILES string of the molecule is CCCCN1C=CSCC1=O. The fraction of sp³-hybridized carbons (Fsp3) is 0.625. The van der Waals surface area contributed by atoms with Crippen LogP contribution >= 0.6 is 11.8 Å². The first-order valence-electron chi connectivity index (χ1n) is 3.92. The molecule has 3 heteroatoms. The van der Waals surface area contributed by atoms with Crippen molar-refractivity contribution in [2.24, 2.45) is 0 Å². The van der Waals surface area contributed by atoms with E-state index in [4.69, 9.17) is 0 Å². The van der Waals surface area contributed by atoms with Crippen molar-refractivity contribution in [3.63, 3.8) is 0 Å². The maximum atomic E-state index is 11.2. The average molecular weight is 171 g/mol. The van der Waals surface area contributed by atoms with Crippen LogP contribution in [0.15, 0.2) is 11.6 Å². The lowest BCUT2D eigenvalue weighted by Gasteiger charge is -2.20. The van der Waals surface area contributed by atoms with E-state index in [1.165, 1.54) is 0 Å². The largest absolute Gasteiger partial charge is 0.318 e. The van der Waals surface area contributed by atoms with Gasteiger partial charge < -0.3 is 4.90 Å². The molecule has 0 N–H and O–H groups in total. The van der Waals surface area contributed by atoms with Gasteiger partial charge in [0.2, 0.25) is 5.91 Å². The molecule has 0 radical (unpaired) electrons. The first kappa shape index (κ1) is 8.65. The molecule has 0 spiro atoms. The zero-order chi connectivity index (χ0) is 8.10. The number of unbranched alkanes of at least 4 members (excludes halogenated alkanes) is 1. The minimum Gasteiger partial charge on any atom is -0.318 e. The molecule has 0 aliphatic carbocycles. The summed E-state index contributed by atoms with van der Waals surface area (Å²) in [6, 6.07) is 0. The lowest BCUT2D eigenvalue weighted by molar-refractivity contribution is -0.126. The molecule has 0 bridgehead atoms. The fourth-order valence-electron chi connectivity index (χ4n) is 0.930. The minimum absolute atomic E-state index is 0.242. The smallest absolute Gasteiger partial charge is 0.236 e. The zero-order valence-corrected chi connectivity index (χ0v) is 7.56. The molecule has 0 saturated carbocycles. The van der Waals surface area contributed by atoms with Gasteiger partial charge in [-0.25, -0.2) is 0 Å². The number of hydrogen-bond acceptors (Lipinski definition) is 2. The molecule has 1 rings (SSSR count). The molecule has 62 valence electrons. The van der Waals surface area contributed by atoms with Crippen molar-refractivity contribution in [1.29, 1.82) is 0 Å². The Bertz CT molecular complexity index is 167. The van der Waals surface area contributed by atoms with Crippen molar-refractivity contribution in [1.82, 2.24) is 4.90 Å². The van der Waals surface area contributed by atoms with Crippen LogP contribution in [0.3, 0.4) is 0 Å². The second-order valence-electron chi connectivity index (χ2n) is 2.54. The topological polar surface area (TPSA) is 20.3 Å². The van der Waals surface area contributed by atoms with E-state index in [0.717, 1.165) is 19.4 Å². The summed E-state index contributed by atoms with van der Waals surface area (Å²) < 4.78 is 0. The summed E-state index contributed by atoms with van der Waals surface area (Å²) in [7, 11) is 0. The van der Waals surface area contributed by atoms with E-state index >= 15 is 0 Å². The van der Waals surface area contributed by atoms with Gasteiger partial charge in [0.25, 0.3) is 0 Å². The van der Waals surface area contributed by atoms with Gasteiger partial charge in [-0.2, -0.15) is 0 Å². The number of carbonyl (C=O) groups excluding carboxylic acids is 1. The van der Waals surface area contributed by atoms with Crippen LogP contribution in [-0.2, 0) is 4.79 Å². The van der Waals surface area contributed by atoms with E-state index in [2.05, 4.69) is 6.92 Å². The van der Waals surface area contributed by atoms with Gasteiger partial charge in [-0.05, 0) is 11.8 Å². The molecule has 11 heavy (non-hydrogen) atoms. The number of thioether (sulfide) groups is 1. The molecule has 0 aromatic carbocycles. The number of hydrogen-bond donors (Lipinski definition) is 0. The molecule has 1 aliphatic heterocycles. The Morgan fingerprint density at radius 1 is 1.73 bits per heavy atom. The van der Waals surface area contributed by atoms with Gasteiger partial charge in [0, 0.05) is 12.7 Å². The molecular formula is C8H13NOS. The quantitative estimate of drug-likeness (QED) is 0.645. The maximum absolute atomic E-state index is 11.2. The van der Waals surface area contributed by atoms with Crippen molar-refractivity contribution >= 4 is 17.7 Å². The molecule has 1 amide bonds. The molecule has 0 unspecified atom stereocenters. The van der Waals surface area contributed by atoms with E-state index < -0.39 is 0 Å². The predicted octanol–water partition coefficient (Wildman–Crippen LogP) is 1.83. The molecule has 2 nitrogen and oxygen atoms in total. The van der Waals surface area contributed by atoms with Crippen LogP contribution in [-0.4, -0.2) is 23.1 Å². The number of rotatable bonds is 3. The van der Waals surface area contributed by atoms with Crippen LogP contribution in [0.4, 0.5) is 0 Å². The summed E-state index contributed by atoms with van der Waals surface area (Å²) in [4.78, 5) is 13.0. The van der Waals surface area contributed by atoms with Crippen LogP contribution in [0.5, 0.6) is 0 Å². The second kappa shape index (κ2) is 4.44. The monoisotopic (exact) mass is 171 g/mol. The Morgan fingerprint density at radius 3 is 3.18 bits per heavy atom. The third kappa shape index (κ3) is 2.58. The first-order valence-corrected chi connectivity index (χ1v) is 4.97. The highest BCUT2D eigenvalue weighted by atomic mass is 32.2. The van der Waals surface area contributed by atoms with Crippen molar-refractivity contribution in [2.75, 3.05) is 12.3 Å². The van der Waals surface area contributed by atoms with E-state index in [9.17, 15) is 4.79 Å². The lowest BCUT2D eigenvalue weighted by atomic mass is 10.3. The summed E-state index contributed by atoms with van der Waals surface area (Å²) in [6.45, 7) is 3.01. The number of amides is 1. The lowest BCUT2D eigenvalue weighted by Crippen LogP contribution is -2.29. The van der Waals surface area contributed by atoms with Crippen molar-refractivity contribution < 1.29 is 4.79 Å². The van der Waals surface area contributed by atoms with Gasteiger partial charge in [0.05, 0.1) is 5.75 Å². The Labute approximate surface area is 71.6 Å². The van der Waals surface area contributed by atoms with Gasteiger partial charge in [0.1, 0.15) is 0 Å². The zero-order valence-electron chi connectivity index (χ0n) is 6.75. The Kier molecular flexibility index (Phi) is 3.49. The van der Waals surface area contributed by atoms with E-state index in [-0.39, 0.29) is 5.91 Å². The van der Waals surface area contributed by atoms with Gasteiger partial charge in [-0.1, -0.05) is 13.3 Å². The van der Waals surface area contributed by atoms with Gasteiger partial charge >= 0.3 is 0 Å². The fourth-order valence-corrected chi connectivity index (χ4v) is 1.57. The molecule has 0 atom stereocenters. The van der Waals surface area contributed by atoms with E-state index in [1.807, 2.05) is 11.6 Å². The molecule has 1 aliphatic rings. The van der Waals surface area contributed by atoms with Crippen LogP contribution in [0.1, 0.15) is 19.8 Å². The first-order chi connectivity index (χ1) is 5.34. The number of nitrogens with zero attached hydrogens (tertiary/aromatic N) is 1. The summed E-state index contributed by atoms with van der Waals surface area (Å²) in [6.07, 6.45) is 4.12. The average Bonchev–Trinajstić information content (AvgIpc) is 2.03. The van der Waals surface area contributed by atoms with Gasteiger partial charge in [0.15, 0.2) is 0 Å². The molecule has 0 fully saturated rings. The summed E-state index contributed by atoms with van der Waals surface area (Å²) in [5.41, 5.74) is 0. The van der Waals surface area contributed by atoms with Crippen molar-refractivity contribution in [3.8, 4) is 0 Å². The summed E-state index contributed by atoms with van der Waals surface area (Å²) >= 11 is 1.57. The molecule has 0 aromatic heterocycles. The molecule has 0 aromatic rings. The highest BCUT2D eigenvalue weighted by Gasteiger charge is 2.12. The third-order valence-electron chi connectivity index (χ3n) is 1.62. The van der Waals surface area contributed by atoms with Crippen LogP contribution in [0, 0.1) is 0 Å². The Balaban J connectivity index is 2.35. The van der Waals surface area contributed by atoms with Crippen LogP contribution in [0.2, 0.25) is 0 Å². The number of carbonyl (C=O) groups is 1. The second-order valence-corrected chi connectivity index (χ2v) is 3.43. The van der Waals surface area contributed by atoms with Crippen molar-refractivity contribution in [2.45, 2.75) is 19.8 Å².